The Hall–Kier alpha value is -5.82. The number of likely N-dealkylation sites (tertiary alicyclic amines) is 1. The predicted molar refractivity (Wildman–Crippen MR) is 175 cm³/mol. The fraction of sp³-hybridized carbons (Fsp3) is 0.424. The number of nitrogens with one attached hydrogen (secondary N) is 4. The van der Waals surface area contributed by atoms with Gasteiger partial charge >= 0.3 is 12.0 Å². The number of nitrogens with zero attached hydrogens (tertiary/aromatic N) is 2. The first kappa shape index (κ1) is 41.6. The summed E-state index contributed by atoms with van der Waals surface area (Å²) in [4.78, 5) is 87.7. The molecule has 0 bridgehead atoms. The van der Waals surface area contributed by atoms with E-state index in [2.05, 4.69) is 26.0 Å². The molecule has 0 spiro atoms. The molecule has 15 nitrogen and oxygen atoms in total. The van der Waals surface area contributed by atoms with Crippen molar-refractivity contribution < 1.29 is 60.3 Å². The molecule has 7 amide bonds. The van der Waals surface area contributed by atoms with E-state index in [1.54, 1.807) is 31.3 Å². The number of piperidine rings is 1. The van der Waals surface area contributed by atoms with E-state index >= 15 is 0 Å². The quantitative estimate of drug-likeness (QED) is 0.0304. The first-order valence-corrected chi connectivity index (χ1v) is 16.3. The summed E-state index contributed by atoms with van der Waals surface area (Å²) in [5, 5.41) is 9.93. The molecule has 0 saturated carbocycles. The average molecular weight is 756 g/mol. The van der Waals surface area contributed by atoms with Crippen LogP contribution < -0.4 is 31.7 Å². The van der Waals surface area contributed by atoms with Crippen LogP contribution in [-0.4, -0.2) is 91.1 Å². The van der Waals surface area contributed by atoms with E-state index in [0.717, 1.165) is 5.56 Å². The molecular formula is C33H38F5N7O8. The molecule has 6 N–H and O–H groups in total. The number of amides is 7. The van der Waals surface area contributed by atoms with Gasteiger partial charge in [-0.25, -0.2) is 18.0 Å². The van der Waals surface area contributed by atoms with Crippen molar-refractivity contribution in [1.29, 1.82) is 0 Å². The molecule has 2 aromatic rings. The number of anilines is 1. The van der Waals surface area contributed by atoms with E-state index in [-0.39, 0.29) is 58.2 Å². The number of halogens is 5. The molecule has 1 aliphatic heterocycles. The van der Waals surface area contributed by atoms with Crippen molar-refractivity contribution in [2.45, 2.75) is 51.1 Å². The number of urea groups is 1. The van der Waals surface area contributed by atoms with Crippen LogP contribution in [0.15, 0.2) is 24.3 Å². The highest BCUT2D eigenvalue weighted by Crippen LogP contribution is 2.31. The van der Waals surface area contributed by atoms with E-state index in [1.807, 2.05) is 0 Å². The van der Waals surface area contributed by atoms with Crippen LogP contribution in [0.5, 0.6) is 5.75 Å². The average Bonchev–Trinajstić information content (AvgIpc) is 3.14. The van der Waals surface area contributed by atoms with Crippen molar-refractivity contribution in [1.82, 2.24) is 25.8 Å². The van der Waals surface area contributed by atoms with Crippen LogP contribution >= 0.6 is 0 Å². The van der Waals surface area contributed by atoms with Crippen molar-refractivity contribution in [3.63, 3.8) is 0 Å². The maximum Gasteiger partial charge on any atom is 0.314 e. The van der Waals surface area contributed by atoms with Crippen molar-refractivity contribution in [3.8, 4) is 5.75 Å². The molecule has 1 atom stereocenters. The zero-order chi connectivity index (χ0) is 39.2. The van der Waals surface area contributed by atoms with Gasteiger partial charge in [-0.15, -0.1) is 0 Å². The summed E-state index contributed by atoms with van der Waals surface area (Å²) in [7, 11) is 1.61. The minimum atomic E-state index is -2.40. The Morgan fingerprint density at radius 3 is 2.09 bits per heavy atom. The van der Waals surface area contributed by atoms with E-state index in [0.29, 0.717) is 18.6 Å². The zero-order valence-electron chi connectivity index (χ0n) is 28.4. The lowest BCUT2D eigenvalue weighted by Crippen LogP contribution is -2.48. The summed E-state index contributed by atoms with van der Waals surface area (Å²) in [6.07, 6.45) is 0.312. The van der Waals surface area contributed by atoms with Gasteiger partial charge in [-0.3, -0.25) is 28.8 Å². The summed E-state index contributed by atoms with van der Waals surface area (Å²) in [6, 6.07) is 4.80. The fourth-order valence-electron chi connectivity index (χ4n) is 5.15. The first-order chi connectivity index (χ1) is 25.1. The van der Waals surface area contributed by atoms with Crippen LogP contribution in [0.4, 0.5) is 32.4 Å². The third-order valence-corrected chi connectivity index (χ3v) is 8.02. The van der Waals surface area contributed by atoms with Crippen molar-refractivity contribution in [3.05, 3.63) is 58.9 Å². The SMILES string of the molecule is CN(C=O)Cc1ccc(NC(=O)C(CCCNC(N)=O)NC(=O)CNC(=O)CCC(=O)N2CCC(C(=O)Oc3c(F)c(F)c(F)c(F)c3F)CC2)cc1. The van der Waals surface area contributed by atoms with E-state index in [9.17, 15) is 55.5 Å². The van der Waals surface area contributed by atoms with Gasteiger partial charge in [0.15, 0.2) is 0 Å². The number of nitrogens with two attached hydrogens (primary N) is 1. The first-order valence-electron chi connectivity index (χ1n) is 16.3. The fourth-order valence-corrected chi connectivity index (χ4v) is 5.15. The molecule has 288 valence electrons. The number of hydrogen-bond donors (Lipinski definition) is 5. The Labute approximate surface area is 299 Å². The van der Waals surface area contributed by atoms with Gasteiger partial charge in [0.05, 0.1) is 12.5 Å². The number of esters is 1. The van der Waals surface area contributed by atoms with Gasteiger partial charge in [0.25, 0.3) is 0 Å². The molecule has 1 saturated heterocycles. The van der Waals surface area contributed by atoms with Crippen molar-refractivity contribution >= 4 is 47.7 Å². The molecule has 1 unspecified atom stereocenters. The predicted octanol–water partition coefficient (Wildman–Crippen LogP) is 1.58. The molecule has 2 aromatic carbocycles. The molecule has 1 aliphatic rings. The van der Waals surface area contributed by atoms with Crippen LogP contribution in [0.1, 0.15) is 44.1 Å². The number of rotatable bonds is 17. The molecule has 0 aliphatic carbocycles. The smallest absolute Gasteiger partial charge is 0.314 e. The Bertz CT molecular complexity index is 1660. The van der Waals surface area contributed by atoms with E-state index < -0.39 is 89.0 Å². The van der Waals surface area contributed by atoms with Gasteiger partial charge in [0, 0.05) is 51.8 Å². The van der Waals surface area contributed by atoms with Crippen LogP contribution in [-0.2, 0) is 35.3 Å². The summed E-state index contributed by atoms with van der Waals surface area (Å²) in [5.41, 5.74) is 6.28. The lowest BCUT2D eigenvalue weighted by molar-refractivity contribution is -0.144. The third-order valence-electron chi connectivity index (χ3n) is 8.02. The van der Waals surface area contributed by atoms with Crippen molar-refractivity contribution in [2.75, 3.05) is 38.5 Å². The van der Waals surface area contributed by atoms with Gasteiger partial charge in [-0.2, -0.15) is 8.78 Å². The second-order valence-electron chi connectivity index (χ2n) is 12.0. The van der Waals surface area contributed by atoms with Crippen LogP contribution in [0.3, 0.4) is 0 Å². The van der Waals surface area contributed by atoms with Gasteiger partial charge in [0.2, 0.25) is 64.9 Å². The summed E-state index contributed by atoms with van der Waals surface area (Å²) >= 11 is 0. The topological polar surface area (TPSA) is 209 Å². The van der Waals surface area contributed by atoms with E-state index in [4.69, 9.17) is 5.73 Å². The van der Waals surface area contributed by atoms with Crippen LogP contribution in [0.2, 0.25) is 0 Å². The molecule has 1 fully saturated rings. The van der Waals surface area contributed by atoms with Gasteiger partial charge in [-0.05, 0) is 43.4 Å². The van der Waals surface area contributed by atoms with Gasteiger partial charge in [-0.1, -0.05) is 12.1 Å². The van der Waals surface area contributed by atoms with Crippen molar-refractivity contribution in [2.24, 2.45) is 11.7 Å². The minimum Gasteiger partial charge on any atom is -0.420 e. The highest BCUT2D eigenvalue weighted by molar-refractivity contribution is 5.98. The molecule has 3 rings (SSSR count). The molecule has 0 radical (unpaired) electrons. The number of hydrogen-bond acceptors (Lipinski definition) is 8. The second-order valence-corrected chi connectivity index (χ2v) is 12.0. The summed E-state index contributed by atoms with van der Waals surface area (Å²) in [5.74, 6) is -18.0. The van der Waals surface area contributed by atoms with Gasteiger partial charge < -0.3 is 41.5 Å². The van der Waals surface area contributed by atoms with Crippen LogP contribution in [0.25, 0.3) is 0 Å². The Balaban J connectivity index is 1.44. The molecular weight excluding hydrogens is 717 g/mol. The number of ether oxygens (including phenoxy) is 1. The number of carbonyl (C=O) groups excluding carboxylic acids is 7. The molecule has 0 aromatic heterocycles. The Kier molecular flexibility index (Phi) is 15.5. The maximum atomic E-state index is 13.9. The van der Waals surface area contributed by atoms with E-state index in [1.165, 1.54) is 9.80 Å². The number of benzene rings is 2. The molecule has 1 heterocycles. The lowest BCUT2D eigenvalue weighted by atomic mass is 9.96. The zero-order valence-corrected chi connectivity index (χ0v) is 28.4. The highest BCUT2D eigenvalue weighted by atomic mass is 19.2. The lowest BCUT2D eigenvalue weighted by Gasteiger charge is -2.31. The maximum absolute atomic E-state index is 13.9. The molecule has 53 heavy (non-hydrogen) atoms. The standard InChI is InChI=1S/C33H38F5N7O8/c1-44(17-46)16-18-4-6-20(7-5-18)42-31(50)21(3-2-12-40-33(39)52)43-23(48)15-41-22(47)8-9-24(49)45-13-10-19(11-14-45)32(51)53-30-28(37)26(35)25(34)27(36)29(30)38/h4-7,17,19,21H,2-3,8-16H2,1H3,(H,41,47)(H,42,50)(H,43,48)(H3,39,40,52). The Morgan fingerprint density at radius 1 is 0.906 bits per heavy atom. The largest absolute Gasteiger partial charge is 0.420 e. The number of primary amides is 1. The van der Waals surface area contributed by atoms with Gasteiger partial charge in [0.1, 0.15) is 6.04 Å². The Morgan fingerprint density at radius 2 is 1.51 bits per heavy atom. The summed E-state index contributed by atoms with van der Waals surface area (Å²) < 4.78 is 72.4. The third kappa shape index (κ3) is 12.4. The molecule has 20 heteroatoms. The monoisotopic (exact) mass is 755 g/mol. The number of carbonyl (C=O) groups is 7. The normalized spacial score (nSPS) is 13.4. The second kappa shape index (κ2) is 19.7. The summed E-state index contributed by atoms with van der Waals surface area (Å²) in [6.45, 7) is -0.116. The highest BCUT2D eigenvalue weighted by Gasteiger charge is 2.33. The van der Waals surface area contributed by atoms with Crippen LogP contribution in [0, 0.1) is 35.0 Å². The minimum absolute atomic E-state index is 0.0280.